The second-order valence-corrected chi connectivity index (χ2v) is 9.91. The van der Waals surface area contributed by atoms with Gasteiger partial charge in [0.2, 0.25) is 5.91 Å². The van der Waals surface area contributed by atoms with Crippen LogP contribution in [0.25, 0.3) is 0 Å². The molecule has 0 atom stereocenters. The molecule has 2 aromatic rings. The van der Waals surface area contributed by atoms with E-state index < -0.39 is 23.8 Å². The van der Waals surface area contributed by atoms with Crippen LogP contribution in [0.1, 0.15) is 77.8 Å². The van der Waals surface area contributed by atoms with Crippen molar-refractivity contribution in [3.63, 3.8) is 0 Å². The van der Waals surface area contributed by atoms with Crippen LogP contribution in [0.3, 0.4) is 0 Å². The van der Waals surface area contributed by atoms with E-state index in [2.05, 4.69) is 10.6 Å². The first-order chi connectivity index (χ1) is 20.4. The third-order valence-corrected chi connectivity index (χ3v) is 6.51. The van der Waals surface area contributed by atoms with E-state index in [1.165, 1.54) is 25.1 Å². The van der Waals surface area contributed by atoms with Crippen LogP contribution < -0.4 is 20.1 Å². The third-order valence-electron chi connectivity index (χ3n) is 6.51. The number of nitrogens with zero attached hydrogens (tertiary/aromatic N) is 1. The van der Waals surface area contributed by atoms with E-state index in [9.17, 15) is 28.8 Å². The molecular formula is C31H39N3O9. The van der Waals surface area contributed by atoms with Crippen molar-refractivity contribution >= 4 is 35.6 Å². The van der Waals surface area contributed by atoms with Gasteiger partial charge in [-0.3, -0.25) is 28.8 Å². The molecule has 2 aromatic carbocycles. The van der Waals surface area contributed by atoms with Gasteiger partial charge in [0.25, 0.3) is 11.8 Å². The van der Waals surface area contributed by atoms with Gasteiger partial charge in [-0.05, 0) is 62.4 Å². The molecule has 0 aromatic heterocycles. The summed E-state index contributed by atoms with van der Waals surface area (Å²) in [6, 6.07) is 9.84. The molecule has 0 bridgehead atoms. The number of aliphatic carboxylic acids is 1. The Bertz CT molecular complexity index is 1340. The van der Waals surface area contributed by atoms with Gasteiger partial charge in [0.15, 0.2) is 11.5 Å². The zero-order valence-corrected chi connectivity index (χ0v) is 25.0. The summed E-state index contributed by atoms with van der Waals surface area (Å²) in [5.41, 5.74) is 2.55. The summed E-state index contributed by atoms with van der Waals surface area (Å²) in [4.78, 5) is 73.6. The lowest BCUT2D eigenvalue weighted by atomic mass is 10.0. The minimum atomic E-state index is -1.07. The molecule has 0 fully saturated rings. The van der Waals surface area contributed by atoms with E-state index in [4.69, 9.17) is 14.6 Å². The molecule has 0 aliphatic rings. The molecule has 2 rings (SSSR count). The largest absolute Gasteiger partial charge is 0.481 e. The van der Waals surface area contributed by atoms with Crippen LogP contribution in [0.4, 0.5) is 0 Å². The Morgan fingerprint density at radius 3 is 1.98 bits per heavy atom. The van der Waals surface area contributed by atoms with Crippen LogP contribution in [0, 0.1) is 13.8 Å². The standard InChI is InChI=1S/C31H39N3O9/c1-20-10-7-11-24(21(20)2)30(40)32-16-5-6-18-34(27(37)14-15-28(38)39)19-9-17-33-31(41)25-12-8-13-26(42-22(3)35)29(25)43-23(4)36/h7-8,10-13H,5-6,9,14-19H2,1-4H3,(H,32,40)(H,33,41)(H,38,39). The van der Waals surface area contributed by atoms with Gasteiger partial charge < -0.3 is 30.1 Å². The molecule has 0 radical (unpaired) electrons. The van der Waals surface area contributed by atoms with Crippen LogP contribution in [-0.4, -0.2) is 71.8 Å². The number of aryl methyl sites for hydroxylation is 1. The first kappa shape index (κ1) is 34.5. The van der Waals surface area contributed by atoms with Gasteiger partial charge in [-0.15, -0.1) is 0 Å². The Balaban J connectivity index is 1.92. The monoisotopic (exact) mass is 597 g/mol. The number of hydrogen-bond donors (Lipinski definition) is 3. The number of carboxylic acids is 1. The molecule has 232 valence electrons. The highest BCUT2D eigenvalue weighted by molar-refractivity contribution is 5.99. The van der Waals surface area contributed by atoms with E-state index in [-0.39, 0.29) is 54.8 Å². The minimum absolute atomic E-state index is 0.00811. The molecule has 0 saturated heterocycles. The molecule has 0 aliphatic carbocycles. The molecule has 0 spiro atoms. The van der Waals surface area contributed by atoms with Crippen LogP contribution >= 0.6 is 0 Å². The molecule has 0 heterocycles. The number of ether oxygens (including phenoxy) is 2. The average Bonchev–Trinajstić information content (AvgIpc) is 2.94. The van der Waals surface area contributed by atoms with E-state index >= 15 is 0 Å². The summed E-state index contributed by atoms with van der Waals surface area (Å²) in [5, 5.41) is 14.6. The normalized spacial score (nSPS) is 10.4. The van der Waals surface area contributed by atoms with Crippen molar-refractivity contribution in [2.45, 2.75) is 59.8 Å². The van der Waals surface area contributed by atoms with Crippen LogP contribution in [0.5, 0.6) is 11.5 Å². The summed E-state index contributed by atoms with van der Waals surface area (Å²) in [6.45, 7) is 7.35. The van der Waals surface area contributed by atoms with Gasteiger partial charge in [0.05, 0.1) is 12.0 Å². The van der Waals surface area contributed by atoms with Crippen molar-refractivity contribution in [1.82, 2.24) is 15.5 Å². The minimum Gasteiger partial charge on any atom is -0.481 e. The number of amides is 3. The number of benzene rings is 2. The number of esters is 2. The van der Waals surface area contributed by atoms with E-state index in [0.717, 1.165) is 18.1 Å². The Morgan fingerprint density at radius 2 is 1.33 bits per heavy atom. The number of unbranched alkanes of at least 4 members (excludes halogenated alkanes) is 1. The Morgan fingerprint density at radius 1 is 0.744 bits per heavy atom. The summed E-state index contributed by atoms with van der Waals surface area (Å²) < 4.78 is 10.2. The Kier molecular flexibility index (Phi) is 13.8. The summed E-state index contributed by atoms with van der Waals surface area (Å²) in [5.74, 6) is -3.74. The van der Waals surface area contributed by atoms with Gasteiger partial charge >= 0.3 is 17.9 Å². The van der Waals surface area contributed by atoms with Crippen molar-refractivity contribution < 1.29 is 43.3 Å². The highest BCUT2D eigenvalue weighted by atomic mass is 16.6. The quantitative estimate of drug-likeness (QED) is 0.149. The van der Waals surface area contributed by atoms with Gasteiger partial charge in [-0.2, -0.15) is 0 Å². The molecule has 43 heavy (non-hydrogen) atoms. The maximum atomic E-state index is 12.9. The fraction of sp³-hybridized carbons (Fsp3) is 0.419. The van der Waals surface area contributed by atoms with Gasteiger partial charge in [0.1, 0.15) is 0 Å². The third kappa shape index (κ3) is 11.6. The summed E-state index contributed by atoms with van der Waals surface area (Å²) in [6.07, 6.45) is 1.09. The van der Waals surface area contributed by atoms with Crippen LogP contribution in [-0.2, 0) is 19.2 Å². The first-order valence-electron chi connectivity index (χ1n) is 14.0. The van der Waals surface area contributed by atoms with Gasteiger partial charge in [-0.1, -0.05) is 18.2 Å². The van der Waals surface area contributed by atoms with Crippen molar-refractivity contribution in [3.8, 4) is 11.5 Å². The fourth-order valence-electron chi connectivity index (χ4n) is 4.20. The zero-order valence-electron chi connectivity index (χ0n) is 25.0. The zero-order chi connectivity index (χ0) is 31.9. The highest BCUT2D eigenvalue weighted by Crippen LogP contribution is 2.31. The Labute approximate surface area is 250 Å². The van der Waals surface area contributed by atoms with Crippen molar-refractivity contribution in [1.29, 1.82) is 0 Å². The number of carbonyl (C=O) groups excluding carboxylic acids is 5. The molecule has 12 heteroatoms. The highest BCUT2D eigenvalue weighted by Gasteiger charge is 2.21. The van der Waals surface area contributed by atoms with Gasteiger partial charge in [0, 0.05) is 52.0 Å². The predicted octanol–water partition coefficient (Wildman–Crippen LogP) is 3.18. The lowest BCUT2D eigenvalue weighted by Gasteiger charge is -2.23. The molecule has 0 unspecified atom stereocenters. The smallest absolute Gasteiger partial charge is 0.308 e. The summed E-state index contributed by atoms with van der Waals surface area (Å²) >= 11 is 0. The maximum Gasteiger partial charge on any atom is 0.308 e. The maximum absolute atomic E-state index is 12.9. The fourth-order valence-corrected chi connectivity index (χ4v) is 4.20. The molecule has 12 nitrogen and oxygen atoms in total. The second kappa shape index (κ2) is 17.3. The van der Waals surface area contributed by atoms with Gasteiger partial charge in [-0.25, -0.2) is 0 Å². The number of para-hydroxylation sites is 1. The molecule has 0 aliphatic heterocycles. The second-order valence-electron chi connectivity index (χ2n) is 9.91. The average molecular weight is 598 g/mol. The van der Waals surface area contributed by atoms with E-state index in [1.807, 2.05) is 26.0 Å². The predicted molar refractivity (Wildman–Crippen MR) is 157 cm³/mol. The van der Waals surface area contributed by atoms with Crippen LogP contribution in [0.2, 0.25) is 0 Å². The van der Waals surface area contributed by atoms with Crippen molar-refractivity contribution in [2.75, 3.05) is 26.2 Å². The molecule has 3 N–H and O–H groups in total. The number of carbonyl (C=O) groups is 6. The van der Waals surface area contributed by atoms with E-state index in [0.29, 0.717) is 37.9 Å². The number of carboxylic acid groups (broad SMARTS) is 1. The lowest BCUT2D eigenvalue weighted by Crippen LogP contribution is -2.36. The lowest BCUT2D eigenvalue weighted by molar-refractivity contribution is -0.141. The van der Waals surface area contributed by atoms with Crippen LogP contribution in [0.15, 0.2) is 36.4 Å². The number of nitrogens with one attached hydrogen (secondary N) is 2. The van der Waals surface area contributed by atoms with Crippen molar-refractivity contribution in [3.05, 3.63) is 58.7 Å². The van der Waals surface area contributed by atoms with E-state index in [1.54, 1.807) is 11.0 Å². The topological polar surface area (TPSA) is 168 Å². The summed E-state index contributed by atoms with van der Waals surface area (Å²) in [7, 11) is 0. The van der Waals surface area contributed by atoms with Crippen molar-refractivity contribution in [2.24, 2.45) is 0 Å². The molecule has 0 saturated carbocycles. The Hall–Kier alpha value is -4.74. The first-order valence-corrected chi connectivity index (χ1v) is 14.0. The number of rotatable bonds is 16. The SMILES string of the molecule is CC(=O)Oc1cccc(C(=O)NCCCN(CCCCNC(=O)c2cccc(C)c2C)C(=O)CCC(=O)O)c1OC(C)=O. The number of hydrogen-bond acceptors (Lipinski definition) is 8. The molecular weight excluding hydrogens is 558 g/mol. The molecule has 3 amide bonds.